The molecule has 0 amide bonds. The number of phenols is 1. The molecule has 6 heteroatoms. The summed E-state index contributed by atoms with van der Waals surface area (Å²) < 4.78 is 0. The number of aryl methyl sites for hydroxylation is 2. The molecule has 0 spiro atoms. The number of aromatic amines is 1. The summed E-state index contributed by atoms with van der Waals surface area (Å²) in [5.74, 6) is 1.000. The van der Waals surface area contributed by atoms with Crippen molar-refractivity contribution in [3.8, 4) is 5.75 Å². The van der Waals surface area contributed by atoms with Crippen molar-refractivity contribution in [2.24, 2.45) is 0 Å². The molecule has 1 saturated heterocycles. The Bertz CT molecular complexity index is 1040. The molecule has 2 aromatic carbocycles. The monoisotopic (exact) mass is 364 g/mol. The molecule has 27 heavy (non-hydrogen) atoms. The Kier molecular flexibility index (Phi) is 4.58. The molecular formula is C21H24N4O2. The number of hydrogen-bond acceptors (Lipinski definition) is 5. The van der Waals surface area contributed by atoms with Crippen molar-refractivity contribution in [1.82, 2.24) is 14.9 Å². The summed E-state index contributed by atoms with van der Waals surface area (Å²) in [5, 5.41) is 10.3. The second-order valence-corrected chi connectivity index (χ2v) is 7.25. The van der Waals surface area contributed by atoms with E-state index in [1.807, 2.05) is 38.1 Å². The number of nitrogens with one attached hydrogen (secondary N) is 1. The second-order valence-electron chi connectivity index (χ2n) is 7.25. The molecule has 0 aliphatic carbocycles. The third kappa shape index (κ3) is 3.66. The van der Waals surface area contributed by atoms with Crippen LogP contribution < -0.4 is 10.5 Å². The average molecular weight is 364 g/mol. The minimum Gasteiger partial charge on any atom is -0.508 e. The lowest BCUT2D eigenvalue weighted by atomic mass is 10.1. The topological polar surface area (TPSA) is 72.5 Å². The first-order valence-corrected chi connectivity index (χ1v) is 9.26. The molecule has 1 aliphatic heterocycles. The molecule has 0 atom stereocenters. The van der Waals surface area contributed by atoms with Gasteiger partial charge < -0.3 is 15.0 Å². The van der Waals surface area contributed by atoms with E-state index in [1.165, 1.54) is 0 Å². The predicted molar refractivity (Wildman–Crippen MR) is 107 cm³/mol. The average Bonchev–Trinajstić information content (AvgIpc) is 2.64. The van der Waals surface area contributed by atoms with Gasteiger partial charge in [-0.25, -0.2) is 4.98 Å². The molecule has 0 saturated carbocycles. The Morgan fingerprint density at radius 2 is 1.81 bits per heavy atom. The van der Waals surface area contributed by atoms with Gasteiger partial charge in [-0.15, -0.1) is 0 Å². The lowest BCUT2D eigenvalue weighted by Crippen LogP contribution is -2.46. The Labute approximate surface area is 158 Å². The van der Waals surface area contributed by atoms with Crippen LogP contribution in [-0.2, 0) is 6.54 Å². The fourth-order valence-corrected chi connectivity index (χ4v) is 3.59. The van der Waals surface area contributed by atoms with Gasteiger partial charge in [0.1, 0.15) is 11.6 Å². The standard InChI is InChI=1S/C21H24N4O2/c1-14-10-18-19(11-15(14)2)22-20(23-21(18)27)13-24-6-8-25(9-7-24)16-4-3-5-17(26)12-16/h3-5,10-12,26H,6-9,13H2,1-2H3,(H,22,23,27). The maximum atomic E-state index is 12.4. The van der Waals surface area contributed by atoms with Crippen LogP contribution >= 0.6 is 0 Å². The van der Waals surface area contributed by atoms with Crippen LogP contribution in [0.3, 0.4) is 0 Å². The number of benzene rings is 2. The highest BCUT2D eigenvalue weighted by atomic mass is 16.3. The SMILES string of the molecule is Cc1cc2nc(CN3CCN(c4cccc(O)c4)CC3)[nH]c(=O)c2cc1C. The predicted octanol–water partition coefficient (Wildman–Crippen LogP) is 2.57. The van der Waals surface area contributed by atoms with Crippen LogP contribution in [0, 0.1) is 13.8 Å². The molecule has 6 nitrogen and oxygen atoms in total. The molecule has 3 aromatic rings. The number of rotatable bonds is 3. The molecule has 140 valence electrons. The molecule has 0 bridgehead atoms. The van der Waals surface area contributed by atoms with E-state index in [0.717, 1.165) is 48.5 Å². The van der Waals surface area contributed by atoms with Crippen LogP contribution in [-0.4, -0.2) is 46.2 Å². The van der Waals surface area contributed by atoms with E-state index in [1.54, 1.807) is 12.1 Å². The number of phenolic OH excluding ortho intramolecular Hbond substituents is 1. The first-order valence-electron chi connectivity index (χ1n) is 9.26. The maximum absolute atomic E-state index is 12.4. The van der Waals surface area contributed by atoms with Crippen LogP contribution in [0.5, 0.6) is 5.75 Å². The first-order chi connectivity index (χ1) is 13.0. The molecule has 1 fully saturated rings. The highest BCUT2D eigenvalue weighted by Crippen LogP contribution is 2.21. The van der Waals surface area contributed by atoms with Crippen LogP contribution in [0.15, 0.2) is 41.2 Å². The third-order valence-electron chi connectivity index (χ3n) is 5.31. The van der Waals surface area contributed by atoms with E-state index >= 15 is 0 Å². The molecule has 1 aromatic heterocycles. The van der Waals surface area contributed by atoms with E-state index in [4.69, 9.17) is 0 Å². The third-order valence-corrected chi connectivity index (χ3v) is 5.31. The van der Waals surface area contributed by atoms with Crippen LogP contribution in [0.1, 0.15) is 17.0 Å². The summed E-state index contributed by atoms with van der Waals surface area (Å²) in [7, 11) is 0. The number of H-pyrrole nitrogens is 1. The minimum atomic E-state index is -0.0727. The van der Waals surface area contributed by atoms with Gasteiger partial charge in [0.25, 0.3) is 5.56 Å². The van der Waals surface area contributed by atoms with Crippen molar-refractivity contribution in [1.29, 1.82) is 0 Å². The highest BCUT2D eigenvalue weighted by Gasteiger charge is 2.18. The summed E-state index contributed by atoms with van der Waals surface area (Å²) in [6.45, 7) is 8.19. The van der Waals surface area contributed by atoms with Gasteiger partial charge in [0.05, 0.1) is 17.4 Å². The number of piperazine rings is 1. The maximum Gasteiger partial charge on any atom is 0.258 e. The van der Waals surface area contributed by atoms with Gasteiger partial charge in [-0.2, -0.15) is 0 Å². The van der Waals surface area contributed by atoms with E-state index in [9.17, 15) is 9.90 Å². The minimum absolute atomic E-state index is 0.0727. The number of nitrogens with zero attached hydrogens (tertiary/aromatic N) is 3. The van der Waals surface area contributed by atoms with Crippen molar-refractivity contribution < 1.29 is 5.11 Å². The quantitative estimate of drug-likeness (QED) is 0.747. The van der Waals surface area contributed by atoms with Gasteiger partial charge in [-0.1, -0.05) is 6.07 Å². The summed E-state index contributed by atoms with van der Waals surface area (Å²) in [4.78, 5) is 24.6. The van der Waals surface area contributed by atoms with Crippen molar-refractivity contribution >= 4 is 16.6 Å². The Hall–Kier alpha value is -2.86. The number of hydrogen-bond donors (Lipinski definition) is 2. The molecule has 0 radical (unpaired) electrons. The zero-order valence-electron chi connectivity index (χ0n) is 15.7. The van der Waals surface area contributed by atoms with Crippen molar-refractivity contribution in [3.63, 3.8) is 0 Å². The fourth-order valence-electron chi connectivity index (χ4n) is 3.59. The number of anilines is 1. The van der Waals surface area contributed by atoms with E-state index in [0.29, 0.717) is 23.5 Å². The molecule has 4 rings (SSSR count). The highest BCUT2D eigenvalue weighted by molar-refractivity contribution is 5.79. The molecule has 2 N–H and O–H groups in total. The molecule has 1 aliphatic rings. The van der Waals surface area contributed by atoms with Crippen LogP contribution in [0.4, 0.5) is 5.69 Å². The first kappa shape index (κ1) is 17.5. The van der Waals surface area contributed by atoms with E-state index in [-0.39, 0.29) is 5.56 Å². The van der Waals surface area contributed by atoms with Crippen molar-refractivity contribution in [3.05, 3.63) is 63.7 Å². The number of aromatic hydroxyl groups is 1. The number of aromatic nitrogens is 2. The van der Waals surface area contributed by atoms with E-state index in [2.05, 4.69) is 19.8 Å². The largest absolute Gasteiger partial charge is 0.508 e. The Morgan fingerprint density at radius 1 is 1.07 bits per heavy atom. The van der Waals surface area contributed by atoms with Gasteiger partial charge in [-0.3, -0.25) is 9.69 Å². The summed E-state index contributed by atoms with van der Waals surface area (Å²) in [6, 6.07) is 11.3. The van der Waals surface area contributed by atoms with Crippen LogP contribution in [0.25, 0.3) is 10.9 Å². The lowest BCUT2D eigenvalue weighted by molar-refractivity contribution is 0.244. The van der Waals surface area contributed by atoms with Crippen LogP contribution in [0.2, 0.25) is 0 Å². The van der Waals surface area contributed by atoms with Crippen molar-refractivity contribution in [2.75, 3.05) is 31.1 Å². The normalized spacial score (nSPS) is 15.4. The summed E-state index contributed by atoms with van der Waals surface area (Å²) >= 11 is 0. The smallest absolute Gasteiger partial charge is 0.258 e. The zero-order valence-corrected chi connectivity index (χ0v) is 15.7. The molecule has 2 heterocycles. The van der Waals surface area contributed by atoms with Gasteiger partial charge in [0.2, 0.25) is 0 Å². The van der Waals surface area contributed by atoms with Crippen molar-refractivity contribution in [2.45, 2.75) is 20.4 Å². The Balaban J connectivity index is 1.47. The molecular weight excluding hydrogens is 340 g/mol. The molecule has 0 unspecified atom stereocenters. The fraction of sp³-hybridized carbons (Fsp3) is 0.333. The van der Waals surface area contributed by atoms with Gasteiger partial charge in [-0.05, 0) is 49.2 Å². The zero-order chi connectivity index (χ0) is 19.0. The van der Waals surface area contributed by atoms with Gasteiger partial charge in [0.15, 0.2) is 0 Å². The summed E-state index contributed by atoms with van der Waals surface area (Å²) in [5.41, 5.74) is 3.97. The van der Waals surface area contributed by atoms with E-state index < -0.39 is 0 Å². The van der Waals surface area contributed by atoms with Gasteiger partial charge >= 0.3 is 0 Å². The lowest BCUT2D eigenvalue weighted by Gasteiger charge is -2.35. The Morgan fingerprint density at radius 3 is 2.56 bits per heavy atom. The number of fused-ring (bicyclic) bond motifs is 1. The van der Waals surface area contributed by atoms with Gasteiger partial charge in [0, 0.05) is 37.9 Å². The summed E-state index contributed by atoms with van der Waals surface area (Å²) in [6.07, 6.45) is 0. The second kappa shape index (κ2) is 7.04.